The van der Waals surface area contributed by atoms with Crippen molar-refractivity contribution in [2.24, 2.45) is 0 Å². The summed E-state index contributed by atoms with van der Waals surface area (Å²) in [6, 6.07) is 13.9. The highest BCUT2D eigenvalue weighted by molar-refractivity contribution is 8.26. The van der Waals surface area contributed by atoms with Gasteiger partial charge in [-0.2, -0.15) is 0 Å². The highest BCUT2D eigenvalue weighted by atomic mass is 32.2. The van der Waals surface area contributed by atoms with E-state index in [2.05, 4.69) is 5.32 Å². The van der Waals surface area contributed by atoms with Crippen molar-refractivity contribution in [3.05, 3.63) is 64.6 Å². The minimum absolute atomic E-state index is 0.0218. The van der Waals surface area contributed by atoms with Crippen LogP contribution in [-0.4, -0.2) is 45.8 Å². The number of carbonyl (C=O) groups is 3. The van der Waals surface area contributed by atoms with Gasteiger partial charge in [-0.15, -0.1) is 0 Å². The number of hydrogen-bond acceptors (Lipinski definition) is 6. The number of hydrogen-bond donors (Lipinski definition) is 2. The van der Waals surface area contributed by atoms with Gasteiger partial charge in [-0.3, -0.25) is 19.3 Å². The van der Waals surface area contributed by atoms with E-state index in [4.69, 9.17) is 22.1 Å². The molecule has 1 aliphatic rings. The molecule has 31 heavy (non-hydrogen) atoms. The number of anilines is 1. The molecule has 0 aliphatic carbocycles. The second-order valence-electron chi connectivity index (χ2n) is 6.64. The Morgan fingerprint density at radius 1 is 1.23 bits per heavy atom. The fourth-order valence-corrected chi connectivity index (χ4v) is 4.19. The first kappa shape index (κ1) is 22.5. The Morgan fingerprint density at radius 2 is 1.97 bits per heavy atom. The number of carboxylic acid groups (broad SMARTS) is 1. The van der Waals surface area contributed by atoms with Gasteiger partial charge in [0.05, 0.1) is 12.0 Å². The molecule has 7 nitrogen and oxygen atoms in total. The van der Waals surface area contributed by atoms with Crippen LogP contribution < -0.4 is 10.1 Å². The van der Waals surface area contributed by atoms with Crippen molar-refractivity contribution in [3.8, 4) is 5.75 Å². The normalized spacial score (nSPS) is 14.7. The smallest absolute Gasteiger partial charge is 0.303 e. The molecule has 0 bridgehead atoms. The lowest BCUT2D eigenvalue weighted by Gasteiger charge is -2.13. The number of carboxylic acids is 1. The quantitative estimate of drug-likeness (QED) is 0.458. The molecule has 3 rings (SSSR count). The zero-order valence-electron chi connectivity index (χ0n) is 16.7. The minimum atomic E-state index is -0.908. The van der Waals surface area contributed by atoms with Crippen LogP contribution in [-0.2, 0) is 9.59 Å². The van der Waals surface area contributed by atoms with Crippen LogP contribution in [0.2, 0.25) is 0 Å². The van der Waals surface area contributed by atoms with E-state index in [1.165, 1.54) is 16.7 Å². The zero-order chi connectivity index (χ0) is 22.4. The van der Waals surface area contributed by atoms with Gasteiger partial charge < -0.3 is 15.2 Å². The van der Waals surface area contributed by atoms with Crippen molar-refractivity contribution in [2.75, 3.05) is 19.0 Å². The molecule has 1 saturated heterocycles. The Morgan fingerprint density at radius 3 is 2.65 bits per heavy atom. The Bertz CT molecular complexity index is 1050. The Labute approximate surface area is 189 Å². The SMILES string of the molecule is COc1ccc(C(=O)Nc2cccc(/C=C3\SC(=S)N(CCCC(=O)O)C3=O)c2)cc1. The fraction of sp³-hybridized carbons (Fsp3) is 0.182. The van der Waals surface area contributed by atoms with E-state index in [9.17, 15) is 14.4 Å². The first-order chi connectivity index (χ1) is 14.9. The maximum Gasteiger partial charge on any atom is 0.303 e. The van der Waals surface area contributed by atoms with Gasteiger partial charge >= 0.3 is 5.97 Å². The predicted octanol–water partition coefficient (Wildman–Crippen LogP) is 4.01. The molecule has 2 aromatic carbocycles. The Hall–Kier alpha value is -3.17. The third-order valence-corrected chi connectivity index (χ3v) is 5.82. The number of carbonyl (C=O) groups excluding carboxylic acids is 2. The number of thiocarbonyl (C=S) groups is 1. The molecule has 0 unspecified atom stereocenters. The zero-order valence-corrected chi connectivity index (χ0v) is 18.3. The van der Waals surface area contributed by atoms with Crippen LogP contribution in [0.15, 0.2) is 53.4 Å². The maximum atomic E-state index is 12.6. The lowest BCUT2D eigenvalue weighted by molar-refractivity contribution is -0.137. The van der Waals surface area contributed by atoms with Gasteiger partial charge in [-0.05, 0) is 54.5 Å². The molecular formula is C22H20N2O5S2. The lowest BCUT2D eigenvalue weighted by Crippen LogP contribution is -2.29. The Kier molecular flexibility index (Phi) is 7.43. The van der Waals surface area contributed by atoms with Crippen molar-refractivity contribution in [1.29, 1.82) is 0 Å². The molecule has 0 saturated carbocycles. The summed E-state index contributed by atoms with van der Waals surface area (Å²) in [5.74, 6) is -0.745. The fourth-order valence-electron chi connectivity index (χ4n) is 2.88. The summed E-state index contributed by atoms with van der Waals surface area (Å²) in [6.45, 7) is 0.270. The minimum Gasteiger partial charge on any atom is -0.497 e. The number of nitrogens with one attached hydrogen (secondary N) is 1. The van der Waals surface area contributed by atoms with Gasteiger partial charge in [0.25, 0.3) is 11.8 Å². The summed E-state index contributed by atoms with van der Waals surface area (Å²) in [6.07, 6.45) is 2.02. The van der Waals surface area contributed by atoms with Gasteiger partial charge in [0.1, 0.15) is 10.1 Å². The van der Waals surface area contributed by atoms with Crippen molar-refractivity contribution in [2.45, 2.75) is 12.8 Å². The summed E-state index contributed by atoms with van der Waals surface area (Å²) in [5, 5.41) is 11.6. The molecule has 0 atom stereocenters. The summed E-state index contributed by atoms with van der Waals surface area (Å²) in [5.41, 5.74) is 1.82. The van der Waals surface area contributed by atoms with Crippen LogP contribution in [0.25, 0.3) is 6.08 Å². The van der Waals surface area contributed by atoms with E-state index in [-0.39, 0.29) is 24.8 Å². The van der Waals surface area contributed by atoms with E-state index < -0.39 is 5.97 Å². The number of ether oxygens (including phenoxy) is 1. The van der Waals surface area contributed by atoms with Crippen molar-refractivity contribution in [3.63, 3.8) is 0 Å². The van der Waals surface area contributed by atoms with Gasteiger partial charge in [0.15, 0.2) is 0 Å². The Balaban J connectivity index is 1.68. The van der Waals surface area contributed by atoms with Crippen LogP contribution in [0.4, 0.5) is 5.69 Å². The van der Waals surface area contributed by atoms with Crippen molar-refractivity contribution >= 4 is 57.8 Å². The number of thioether (sulfide) groups is 1. The summed E-state index contributed by atoms with van der Waals surface area (Å²) < 4.78 is 5.50. The molecule has 0 spiro atoms. The molecule has 1 fully saturated rings. The molecule has 160 valence electrons. The van der Waals surface area contributed by atoms with E-state index in [0.29, 0.717) is 32.6 Å². The molecule has 0 aromatic heterocycles. The number of benzene rings is 2. The summed E-state index contributed by atoms with van der Waals surface area (Å²) >= 11 is 6.44. The molecule has 2 aromatic rings. The first-order valence-corrected chi connectivity index (χ1v) is 10.6. The molecule has 0 radical (unpaired) electrons. The van der Waals surface area contributed by atoms with Gasteiger partial charge in [0, 0.05) is 24.2 Å². The monoisotopic (exact) mass is 456 g/mol. The van der Waals surface area contributed by atoms with Gasteiger partial charge in [0.2, 0.25) is 0 Å². The van der Waals surface area contributed by atoms with Crippen molar-refractivity contribution in [1.82, 2.24) is 4.90 Å². The number of methoxy groups -OCH3 is 1. The third kappa shape index (κ3) is 5.93. The molecule has 9 heteroatoms. The maximum absolute atomic E-state index is 12.6. The van der Waals surface area contributed by atoms with Crippen LogP contribution in [0.3, 0.4) is 0 Å². The van der Waals surface area contributed by atoms with E-state index in [1.54, 1.807) is 55.7 Å². The second-order valence-corrected chi connectivity index (χ2v) is 8.31. The number of amides is 2. The van der Waals surface area contributed by atoms with Crippen LogP contribution in [0.1, 0.15) is 28.8 Å². The summed E-state index contributed by atoms with van der Waals surface area (Å²) in [7, 11) is 1.56. The van der Waals surface area contributed by atoms with Crippen LogP contribution in [0.5, 0.6) is 5.75 Å². The largest absolute Gasteiger partial charge is 0.497 e. The number of aliphatic carboxylic acids is 1. The molecular weight excluding hydrogens is 436 g/mol. The number of nitrogens with zero attached hydrogens (tertiary/aromatic N) is 1. The lowest BCUT2D eigenvalue weighted by atomic mass is 10.1. The van der Waals surface area contributed by atoms with Gasteiger partial charge in [-0.25, -0.2) is 0 Å². The third-order valence-electron chi connectivity index (χ3n) is 4.44. The molecule has 2 N–H and O–H groups in total. The van der Waals surface area contributed by atoms with E-state index in [0.717, 1.165) is 5.56 Å². The van der Waals surface area contributed by atoms with Crippen molar-refractivity contribution < 1.29 is 24.2 Å². The summed E-state index contributed by atoms with van der Waals surface area (Å²) in [4.78, 5) is 37.6. The van der Waals surface area contributed by atoms with Crippen LogP contribution in [0, 0.1) is 0 Å². The second kappa shape index (κ2) is 10.2. The highest BCUT2D eigenvalue weighted by Crippen LogP contribution is 2.33. The molecule has 2 amide bonds. The predicted molar refractivity (Wildman–Crippen MR) is 124 cm³/mol. The van der Waals surface area contributed by atoms with Crippen LogP contribution >= 0.6 is 24.0 Å². The highest BCUT2D eigenvalue weighted by Gasteiger charge is 2.31. The average molecular weight is 457 g/mol. The average Bonchev–Trinajstić information content (AvgIpc) is 3.01. The van der Waals surface area contributed by atoms with Gasteiger partial charge in [-0.1, -0.05) is 36.1 Å². The van der Waals surface area contributed by atoms with E-state index in [1.807, 2.05) is 6.07 Å². The van der Waals surface area contributed by atoms with E-state index >= 15 is 0 Å². The molecule has 1 heterocycles. The molecule has 1 aliphatic heterocycles. The standard InChI is InChI=1S/C22H20N2O5S2/c1-29-17-9-7-15(8-10-17)20(27)23-16-5-2-4-14(12-16)13-18-21(28)24(22(30)31-18)11-3-6-19(25)26/h2,4-5,7-10,12-13H,3,6,11H2,1H3,(H,23,27)(H,25,26)/b18-13-. The first-order valence-electron chi connectivity index (χ1n) is 9.40. The topological polar surface area (TPSA) is 95.9 Å². The number of rotatable bonds is 8.